The summed E-state index contributed by atoms with van der Waals surface area (Å²) in [4.78, 5) is 0. The fourth-order valence-corrected chi connectivity index (χ4v) is 2.38. The Balaban J connectivity index is 2.45. The summed E-state index contributed by atoms with van der Waals surface area (Å²) in [6.07, 6.45) is 2.54. The van der Waals surface area contributed by atoms with Crippen LogP contribution < -0.4 is 5.32 Å². The Hall–Kier alpha value is -0.340. The highest BCUT2D eigenvalue weighted by atomic mass is 79.9. The first kappa shape index (κ1) is 14.7. The van der Waals surface area contributed by atoms with E-state index in [0.29, 0.717) is 12.1 Å². The van der Waals surface area contributed by atoms with Crippen LogP contribution in [0.1, 0.15) is 52.1 Å². The maximum absolute atomic E-state index is 3.66. The van der Waals surface area contributed by atoms with Gasteiger partial charge in [0.05, 0.1) is 0 Å². The highest BCUT2D eigenvalue weighted by Crippen LogP contribution is 2.19. The topological polar surface area (TPSA) is 12.0 Å². The Morgan fingerprint density at radius 1 is 1.12 bits per heavy atom. The SMILES string of the molecule is CC(C)CCC(C)N[C@H](C)c1cccc(Br)c1. The van der Waals surface area contributed by atoms with Gasteiger partial charge in [0.2, 0.25) is 0 Å². The molecule has 1 rings (SSSR count). The van der Waals surface area contributed by atoms with E-state index in [4.69, 9.17) is 0 Å². The summed E-state index contributed by atoms with van der Waals surface area (Å²) < 4.78 is 1.15. The zero-order chi connectivity index (χ0) is 12.8. The molecular formula is C15H24BrN. The number of hydrogen-bond acceptors (Lipinski definition) is 1. The van der Waals surface area contributed by atoms with Crippen molar-refractivity contribution >= 4 is 15.9 Å². The van der Waals surface area contributed by atoms with E-state index in [0.717, 1.165) is 10.4 Å². The molecule has 1 unspecified atom stereocenters. The molecule has 0 heterocycles. The third-order valence-corrected chi connectivity index (χ3v) is 3.55. The van der Waals surface area contributed by atoms with E-state index in [2.05, 4.69) is 73.2 Å². The van der Waals surface area contributed by atoms with Gasteiger partial charge >= 0.3 is 0 Å². The summed E-state index contributed by atoms with van der Waals surface area (Å²) in [7, 11) is 0. The maximum atomic E-state index is 3.66. The van der Waals surface area contributed by atoms with Crippen molar-refractivity contribution in [3.05, 3.63) is 34.3 Å². The van der Waals surface area contributed by atoms with E-state index < -0.39 is 0 Å². The maximum Gasteiger partial charge on any atom is 0.0294 e. The molecule has 0 spiro atoms. The van der Waals surface area contributed by atoms with Crippen molar-refractivity contribution in [1.29, 1.82) is 0 Å². The van der Waals surface area contributed by atoms with E-state index in [1.807, 2.05) is 0 Å². The highest BCUT2D eigenvalue weighted by molar-refractivity contribution is 9.10. The molecule has 0 aromatic heterocycles. The first-order valence-corrected chi connectivity index (χ1v) is 7.30. The minimum absolute atomic E-state index is 0.412. The average Bonchev–Trinajstić information content (AvgIpc) is 2.26. The molecule has 2 heteroatoms. The van der Waals surface area contributed by atoms with E-state index in [9.17, 15) is 0 Å². The molecule has 1 aromatic rings. The molecule has 0 aliphatic rings. The van der Waals surface area contributed by atoms with Gasteiger partial charge in [-0.1, -0.05) is 41.9 Å². The summed E-state index contributed by atoms with van der Waals surface area (Å²) in [6.45, 7) is 9.07. The molecule has 1 N–H and O–H groups in total. The molecule has 17 heavy (non-hydrogen) atoms. The van der Waals surface area contributed by atoms with Gasteiger partial charge < -0.3 is 5.32 Å². The average molecular weight is 298 g/mol. The molecule has 0 saturated heterocycles. The molecule has 0 aliphatic heterocycles. The van der Waals surface area contributed by atoms with Gasteiger partial charge in [-0.25, -0.2) is 0 Å². The van der Waals surface area contributed by atoms with Crippen LogP contribution in [-0.2, 0) is 0 Å². The van der Waals surface area contributed by atoms with Gasteiger partial charge in [-0.3, -0.25) is 0 Å². The van der Waals surface area contributed by atoms with E-state index in [1.165, 1.54) is 18.4 Å². The van der Waals surface area contributed by atoms with Crippen molar-refractivity contribution in [2.45, 2.75) is 52.6 Å². The van der Waals surface area contributed by atoms with Crippen molar-refractivity contribution in [2.75, 3.05) is 0 Å². The lowest BCUT2D eigenvalue weighted by molar-refractivity contribution is 0.417. The van der Waals surface area contributed by atoms with Crippen LogP contribution in [0.15, 0.2) is 28.7 Å². The van der Waals surface area contributed by atoms with Gasteiger partial charge in [0.15, 0.2) is 0 Å². The second-order valence-corrected chi connectivity index (χ2v) is 6.23. The van der Waals surface area contributed by atoms with Crippen LogP contribution in [0.3, 0.4) is 0 Å². The van der Waals surface area contributed by atoms with Crippen molar-refractivity contribution in [1.82, 2.24) is 5.32 Å². The Morgan fingerprint density at radius 2 is 1.82 bits per heavy atom. The predicted molar refractivity (Wildman–Crippen MR) is 79.2 cm³/mol. The minimum atomic E-state index is 0.412. The lowest BCUT2D eigenvalue weighted by Gasteiger charge is -2.21. The molecular weight excluding hydrogens is 274 g/mol. The quantitative estimate of drug-likeness (QED) is 0.785. The number of halogens is 1. The van der Waals surface area contributed by atoms with E-state index >= 15 is 0 Å². The Kier molecular flexibility index (Phi) is 6.21. The fourth-order valence-electron chi connectivity index (χ4n) is 1.97. The number of nitrogens with one attached hydrogen (secondary N) is 1. The van der Waals surface area contributed by atoms with Crippen molar-refractivity contribution in [3.8, 4) is 0 Å². The van der Waals surface area contributed by atoms with Crippen LogP contribution in [-0.4, -0.2) is 6.04 Å². The molecule has 96 valence electrons. The van der Waals surface area contributed by atoms with Crippen LogP contribution in [0.2, 0.25) is 0 Å². The van der Waals surface area contributed by atoms with Crippen LogP contribution >= 0.6 is 15.9 Å². The molecule has 2 atom stereocenters. The molecule has 0 bridgehead atoms. The van der Waals surface area contributed by atoms with Gasteiger partial charge in [0.25, 0.3) is 0 Å². The van der Waals surface area contributed by atoms with Crippen LogP contribution in [0.5, 0.6) is 0 Å². The molecule has 1 nitrogen and oxygen atoms in total. The smallest absolute Gasteiger partial charge is 0.0294 e. The fraction of sp³-hybridized carbons (Fsp3) is 0.600. The third-order valence-electron chi connectivity index (χ3n) is 3.06. The van der Waals surface area contributed by atoms with Gasteiger partial charge in [-0.05, 0) is 50.3 Å². The van der Waals surface area contributed by atoms with Crippen LogP contribution in [0.4, 0.5) is 0 Å². The van der Waals surface area contributed by atoms with Crippen LogP contribution in [0, 0.1) is 5.92 Å². The minimum Gasteiger partial charge on any atom is -0.308 e. The van der Waals surface area contributed by atoms with Crippen molar-refractivity contribution in [2.24, 2.45) is 5.92 Å². The van der Waals surface area contributed by atoms with Gasteiger partial charge in [-0.15, -0.1) is 0 Å². The monoisotopic (exact) mass is 297 g/mol. The summed E-state index contributed by atoms with van der Waals surface area (Å²) in [5.41, 5.74) is 1.34. The van der Waals surface area contributed by atoms with E-state index in [-0.39, 0.29) is 0 Å². The first-order chi connectivity index (χ1) is 7.99. The van der Waals surface area contributed by atoms with E-state index in [1.54, 1.807) is 0 Å². The molecule has 0 fully saturated rings. The molecule has 0 amide bonds. The Bertz CT molecular complexity index is 335. The first-order valence-electron chi connectivity index (χ1n) is 6.50. The second-order valence-electron chi connectivity index (χ2n) is 5.32. The van der Waals surface area contributed by atoms with Crippen molar-refractivity contribution in [3.63, 3.8) is 0 Å². The summed E-state index contributed by atoms with van der Waals surface area (Å²) in [6, 6.07) is 9.51. The number of rotatable bonds is 6. The zero-order valence-electron chi connectivity index (χ0n) is 11.3. The molecule has 0 radical (unpaired) electrons. The standard InChI is InChI=1S/C15H24BrN/c1-11(2)8-9-12(3)17-13(4)14-6-5-7-15(16)10-14/h5-7,10-13,17H,8-9H2,1-4H3/t12?,13-/m1/s1. The normalized spacial score (nSPS) is 14.9. The largest absolute Gasteiger partial charge is 0.308 e. The highest BCUT2D eigenvalue weighted by Gasteiger charge is 2.10. The zero-order valence-corrected chi connectivity index (χ0v) is 12.9. The number of benzene rings is 1. The third kappa shape index (κ3) is 5.69. The van der Waals surface area contributed by atoms with Crippen LogP contribution in [0.25, 0.3) is 0 Å². The lowest BCUT2D eigenvalue weighted by atomic mass is 10.0. The molecule has 1 aromatic carbocycles. The van der Waals surface area contributed by atoms with Gasteiger partial charge in [0.1, 0.15) is 0 Å². The summed E-state index contributed by atoms with van der Waals surface area (Å²) in [5.74, 6) is 0.792. The van der Waals surface area contributed by atoms with Gasteiger partial charge in [-0.2, -0.15) is 0 Å². The molecule has 0 saturated carbocycles. The van der Waals surface area contributed by atoms with Gasteiger partial charge in [0, 0.05) is 16.6 Å². The lowest BCUT2D eigenvalue weighted by Crippen LogP contribution is -2.29. The molecule has 0 aliphatic carbocycles. The second kappa shape index (κ2) is 7.17. The Labute approximate surface area is 114 Å². The Morgan fingerprint density at radius 3 is 2.41 bits per heavy atom. The predicted octanol–water partition coefficient (Wildman–Crippen LogP) is 4.92. The summed E-state index contributed by atoms with van der Waals surface area (Å²) in [5, 5.41) is 3.66. The van der Waals surface area contributed by atoms with Crippen molar-refractivity contribution < 1.29 is 0 Å². The summed E-state index contributed by atoms with van der Waals surface area (Å²) >= 11 is 3.52. The number of hydrogen-bond donors (Lipinski definition) is 1.